The fraction of sp³-hybridized carbons (Fsp3) is 0. The van der Waals surface area contributed by atoms with Crippen molar-refractivity contribution < 1.29 is 52.4 Å². The molecule has 0 amide bonds. The SMILES string of the molecule is O=C(O)c1ccncc1S(=O)(=O)[O-].[Na+]. The second-order valence-corrected chi connectivity index (χ2v) is 3.48. The summed E-state index contributed by atoms with van der Waals surface area (Å²) in [5.41, 5.74) is -0.565. The fourth-order valence-electron chi connectivity index (χ4n) is 0.756. The van der Waals surface area contributed by atoms with Crippen molar-refractivity contribution in [2.24, 2.45) is 0 Å². The Morgan fingerprint density at radius 3 is 2.43 bits per heavy atom. The molecule has 14 heavy (non-hydrogen) atoms. The number of hydrogen-bond donors (Lipinski definition) is 1. The van der Waals surface area contributed by atoms with Gasteiger partial charge in [0.05, 0.1) is 10.5 Å². The summed E-state index contributed by atoms with van der Waals surface area (Å²) in [5, 5.41) is 8.50. The van der Waals surface area contributed by atoms with Crippen LogP contribution in [0.3, 0.4) is 0 Å². The van der Waals surface area contributed by atoms with Gasteiger partial charge >= 0.3 is 35.5 Å². The van der Waals surface area contributed by atoms with Crippen LogP contribution in [-0.4, -0.2) is 29.0 Å². The first-order valence-corrected chi connectivity index (χ1v) is 4.47. The Bertz CT molecular complexity index is 443. The molecule has 1 N–H and O–H groups in total. The second kappa shape index (κ2) is 4.85. The molecule has 1 aromatic rings. The maximum absolute atomic E-state index is 10.5. The van der Waals surface area contributed by atoms with E-state index in [2.05, 4.69) is 4.98 Å². The molecular weight excluding hydrogens is 221 g/mol. The Hall–Kier alpha value is -0.470. The minimum atomic E-state index is -4.77. The van der Waals surface area contributed by atoms with Crippen LogP contribution in [0.4, 0.5) is 0 Å². The second-order valence-electron chi connectivity index (χ2n) is 2.13. The van der Waals surface area contributed by atoms with Gasteiger partial charge in [0.2, 0.25) is 0 Å². The van der Waals surface area contributed by atoms with Gasteiger partial charge in [-0.3, -0.25) is 4.98 Å². The van der Waals surface area contributed by atoms with Crippen molar-refractivity contribution in [3.8, 4) is 0 Å². The number of carboxylic acid groups (broad SMARTS) is 1. The maximum atomic E-state index is 10.5. The van der Waals surface area contributed by atoms with E-state index in [-0.39, 0.29) is 29.6 Å². The summed E-state index contributed by atoms with van der Waals surface area (Å²) in [7, 11) is -4.77. The van der Waals surface area contributed by atoms with E-state index in [1.165, 1.54) is 0 Å². The molecule has 0 saturated heterocycles. The quantitative estimate of drug-likeness (QED) is 0.417. The molecule has 1 heterocycles. The van der Waals surface area contributed by atoms with Crippen molar-refractivity contribution >= 4 is 16.1 Å². The molecule has 0 aliphatic rings. The minimum Gasteiger partial charge on any atom is -0.744 e. The van der Waals surface area contributed by atoms with Gasteiger partial charge in [-0.15, -0.1) is 0 Å². The van der Waals surface area contributed by atoms with Crippen LogP contribution in [0.5, 0.6) is 0 Å². The molecule has 0 bridgehead atoms. The standard InChI is InChI=1S/C6H5NO5S.Na/c8-6(9)4-1-2-7-3-5(4)13(10,11)12;/h1-3H,(H,8,9)(H,10,11,12);/q;+1/p-1. The van der Waals surface area contributed by atoms with Crippen LogP contribution >= 0.6 is 0 Å². The molecule has 0 saturated carbocycles. The predicted octanol–water partition coefficient (Wildman–Crippen LogP) is -3.31. The number of carboxylic acids is 1. The third-order valence-corrected chi connectivity index (χ3v) is 2.15. The predicted molar refractivity (Wildman–Crippen MR) is 39.2 cm³/mol. The normalized spacial score (nSPS) is 10.4. The third kappa shape index (κ3) is 3.03. The van der Waals surface area contributed by atoms with Gasteiger partial charge in [-0.25, -0.2) is 13.2 Å². The van der Waals surface area contributed by atoms with Gasteiger partial charge in [0, 0.05) is 12.4 Å². The van der Waals surface area contributed by atoms with Gasteiger partial charge in [-0.2, -0.15) is 0 Å². The Morgan fingerprint density at radius 2 is 2.07 bits per heavy atom. The van der Waals surface area contributed by atoms with Crippen LogP contribution in [-0.2, 0) is 10.1 Å². The first-order valence-electron chi connectivity index (χ1n) is 3.06. The van der Waals surface area contributed by atoms with E-state index in [0.717, 1.165) is 12.3 Å². The number of carbonyl (C=O) groups is 1. The van der Waals surface area contributed by atoms with E-state index in [1.54, 1.807) is 0 Å². The van der Waals surface area contributed by atoms with Crippen LogP contribution in [0, 0.1) is 0 Å². The van der Waals surface area contributed by atoms with E-state index in [9.17, 15) is 17.8 Å². The number of pyridine rings is 1. The molecule has 0 unspecified atom stereocenters. The van der Waals surface area contributed by atoms with Crippen molar-refractivity contribution in [3.05, 3.63) is 24.0 Å². The number of hydrogen-bond acceptors (Lipinski definition) is 5. The fourth-order valence-corrected chi connectivity index (χ4v) is 1.37. The average molecular weight is 225 g/mol. The summed E-state index contributed by atoms with van der Waals surface area (Å²) in [6.07, 6.45) is 1.81. The Kier molecular flexibility index (Phi) is 4.69. The summed E-state index contributed by atoms with van der Waals surface area (Å²) in [6.45, 7) is 0. The summed E-state index contributed by atoms with van der Waals surface area (Å²) in [5.74, 6) is -1.48. The summed E-state index contributed by atoms with van der Waals surface area (Å²) < 4.78 is 31.5. The summed E-state index contributed by atoms with van der Waals surface area (Å²) >= 11 is 0. The molecule has 0 aromatic carbocycles. The molecule has 1 aromatic heterocycles. The van der Waals surface area contributed by atoms with Gasteiger partial charge < -0.3 is 9.66 Å². The van der Waals surface area contributed by atoms with Gasteiger partial charge in [-0.1, -0.05) is 0 Å². The zero-order chi connectivity index (χ0) is 10.1. The van der Waals surface area contributed by atoms with Gasteiger partial charge in [0.1, 0.15) is 10.1 Å². The van der Waals surface area contributed by atoms with Crippen LogP contribution < -0.4 is 29.6 Å². The van der Waals surface area contributed by atoms with Crippen molar-refractivity contribution in [1.82, 2.24) is 4.98 Å². The summed E-state index contributed by atoms with van der Waals surface area (Å²) in [6, 6.07) is 0.952. The summed E-state index contributed by atoms with van der Waals surface area (Å²) in [4.78, 5) is 13.0. The van der Waals surface area contributed by atoms with Crippen molar-refractivity contribution in [1.29, 1.82) is 0 Å². The van der Waals surface area contributed by atoms with Crippen LogP contribution in [0.2, 0.25) is 0 Å². The monoisotopic (exact) mass is 225 g/mol. The molecule has 0 atom stereocenters. The van der Waals surface area contributed by atoms with Crippen LogP contribution in [0.25, 0.3) is 0 Å². The first-order chi connectivity index (χ1) is 5.93. The Balaban J connectivity index is 0.00000169. The van der Waals surface area contributed by atoms with E-state index in [0.29, 0.717) is 6.20 Å². The number of nitrogens with zero attached hydrogens (tertiary/aromatic N) is 1. The zero-order valence-electron chi connectivity index (χ0n) is 7.17. The molecule has 0 spiro atoms. The number of aromatic carboxylic acids is 1. The van der Waals surface area contributed by atoms with E-state index in [1.807, 2.05) is 0 Å². The molecule has 8 heteroatoms. The van der Waals surface area contributed by atoms with Crippen LogP contribution in [0.15, 0.2) is 23.4 Å². The number of aromatic nitrogens is 1. The molecule has 0 radical (unpaired) electrons. The molecule has 6 nitrogen and oxygen atoms in total. The molecule has 70 valence electrons. The third-order valence-electron chi connectivity index (χ3n) is 1.28. The smallest absolute Gasteiger partial charge is 0.744 e. The zero-order valence-corrected chi connectivity index (χ0v) is 9.98. The van der Waals surface area contributed by atoms with Crippen molar-refractivity contribution in [3.63, 3.8) is 0 Å². The van der Waals surface area contributed by atoms with Crippen LogP contribution in [0.1, 0.15) is 10.4 Å². The van der Waals surface area contributed by atoms with Crippen molar-refractivity contribution in [2.75, 3.05) is 0 Å². The van der Waals surface area contributed by atoms with Gasteiger partial charge in [0.15, 0.2) is 0 Å². The Morgan fingerprint density at radius 1 is 1.50 bits per heavy atom. The maximum Gasteiger partial charge on any atom is 1.00 e. The molecule has 0 aliphatic carbocycles. The molecule has 1 rings (SSSR count). The topological polar surface area (TPSA) is 107 Å². The molecular formula is C6H4NNaO5S. The van der Waals surface area contributed by atoms with E-state index >= 15 is 0 Å². The van der Waals surface area contributed by atoms with Gasteiger partial charge in [0.25, 0.3) is 0 Å². The Labute approximate surface area is 102 Å². The van der Waals surface area contributed by atoms with Crippen molar-refractivity contribution in [2.45, 2.75) is 4.90 Å². The average Bonchev–Trinajstić information content (AvgIpc) is 2.03. The van der Waals surface area contributed by atoms with E-state index < -0.39 is 26.5 Å². The number of rotatable bonds is 2. The minimum absolute atomic E-state index is 0. The first kappa shape index (κ1) is 13.5. The molecule has 0 fully saturated rings. The molecule has 0 aliphatic heterocycles. The van der Waals surface area contributed by atoms with E-state index in [4.69, 9.17) is 5.11 Å². The van der Waals surface area contributed by atoms with Gasteiger partial charge in [-0.05, 0) is 6.07 Å². The largest absolute Gasteiger partial charge is 1.00 e.